The molecule has 0 saturated carbocycles. The topological polar surface area (TPSA) is 89.4 Å². The summed E-state index contributed by atoms with van der Waals surface area (Å²) in [5.74, 6) is 0.477. The van der Waals surface area contributed by atoms with Gasteiger partial charge in [0.1, 0.15) is 5.56 Å². The van der Waals surface area contributed by atoms with Gasteiger partial charge in [0.2, 0.25) is 6.39 Å². The van der Waals surface area contributed by atoms with Crippen LogP contribution in [0.25, 0.3) is 5.65 Å². The fourth-order valence-corrected chi connectivity index (χ4v) is 3.21. The zero-order valence-corrected chi connectivity index (χ0v) is 13.4. The van der Waals surface area contributed by atoms with Crippen LogP contribution in [-0.2, 0) is 0 Å². The van der Waals surface area contributed by atoms with Crippen molar-refractivity contribution >= 4 is 11.6 Å². The zero-order chi connectivity index (χ0) is 16.5. The van der Waals surface area contributed by atoms with E-state index >= 15 is 0 Å². The lowest BCUT2D eigenvalue weighted by molar-refractivity contribution is 0.0672. The number of rotatable bonds is 2. The third-order valence-corrected chi connectivity index (χ3v) is 4.43. The van der Waals surface area contributed by atoms with E-state index < -0.39 is 0 Å². The van der Waals surface area contributed by atoms with Crippen LogP contribution in [0.1, 0.15) is 53.6 Å². The first-order chi connectivity index (χ1) is 11.7. The van der Waals surface area contributed by atoms with Gasteiger partial charge in [-0.2, -0.15) is 10.1 Å². The number of hydrogen-bond donors (Lipinski definition) is 0. The quantitative estimate of drug-likeness (QED) is 0.717. The van der Waals surface area contributed by atoms with Crippen molar-refractivity contribution < 1.29 is 9.32 Å². The predicted molar refractivity (Wildman–Crippen MR) is 84.3 cm³/mol. The molecule has 8 heteroatoms. The second kappa shape index (κ2) is 6.03. The Morgan fingerprint density at radius 3 is 3.08 bits per heavy atom. The molecule has 1 atom stereocenters. The molecule has 0 aliphatic carbocycles. The van der Waals surface area contributed by atoms with E-state index in [1.54, 1.807) is 10.7 Å². The Morgan fingerprint density at radius 1 is 1.33 bits per heavy atom. The van der Waals surface area contributed by atoms with E-state index in [9.17, 15) is 4.79 Å². The number of carbonyl (C=O) groups excluding carboxylic acids is 1. The fourth-order valence-electron chi connectivity index (χ4n) is 3.21. The van der Waals surface area contributed by atoms with Gasteiger partial charge in [0.15, 0.2) is 11.5 Å². The molecule has 0 bridgehead atoms. The Bertz CT molecular complexity index is 857. The molecule has 1 saturated heterocycles. The van der Waals surface area contributed by atoms with E-state index in [-0.39, 0.29) is 11.9 Å². The molecule has 24 heavy (non-hydrogen) atoms. The molecule has 1 aliphatic heterocycles. The number of amides is 1. The highest BCUT2D eigenvalue weighted by Crippen LogP contribution is 2.30. The maximum Gasteiger partial charge on any atom is 0.259 e. The molecule has 0 spiro atoms. The number of fused-ring (bicyclic) bond motifs is 1. The Labute approximate surface area is 138 Å². The van der Waals surface area contributed by atoms with Gasteiger partial charge >= 0.3 is 0 Å². The minimum Gasteiger partial charge on any atom is -0.343 e. The maximum absolute atomic E-state index is 13.2. The third kappa shape index (κ3) is 2.53. The highest BCUT2D eigenvalue weighted by atomic mass is 16.5. The largest absolute Gasteiger partial charge is 0.343 e. The van der Waals surface area contributed by atoms with Gasteiger partial charge in [0, 0.05) is 18.4 Å². The lowest BCUT2D eigenvalue weighted by atomic mass is 10.1. The SMILES string of the molecule is Cc1ccn2ncc(C(=O)N3CCCCCC3c3ncon3)c2n1. The Kier molecular flexibility index (Phi) is 3.72. The molecule has 3 aromatic heterocycles. The highest BCUT2D eigenvalue weighted by molar-refractivity contribution is 5.99. The summed E-state index contributed by atoms with van der Waals surface area (Å²) in [6.45, 7) is 2.57. The Hall–Kier alpha value is -2.77. The maximum atomic E-state index is 13.2. The Balaban J connectivity index is 1.73. The van der Waals surface area contributed by atoms with Crippen molar-refractivity contribution in [2.24, 2.45) is 0 Å². The molecule has 124 valence electrons. The van der Waals surface area contributed by atoms with Gasteiger partial charge in [-0.25, -0.2) is 9.50 Å². The van der Waals surface area contributed by atoms with Crippen molar-refractivity contribution in [3.8, 4) is 0 Å². The molecule has 1 unspecified atom stereocenters. The van der Waals surface area contributed by atoms with E-state index in [1.165, 1.54) is 6.39 Å². The summed E-state index contributed by atoms with van der Waals surface area (Å²) in [6.07, 6.45) is 8.63. The number of aromatic nitrogens is 5. The summed E-state index contributed by atoms with van der Waals surface area (Å²) in [5.41, 5.74) is 1.94. The van der Waals surface area contributed by atoms with E-state index in [0.29, 0.717) is 23.6 Å². The lowest BCUT2D eigenvalue weighted by Gasteiger charge is -2.27. The van der Waals surface area contributed by atoms with Gasteiger partial charge in [-0.15, -0.1) is 0 Å². The van der Waals surface area contributed by atoms with Crippen LogP contribution in [0, 0.1) is 6.92 Å². The van der Waals surface area contributed by atoms with Crippen LogP contribution in [0.5, 0.6) is 0 Å². The standard InChI is InChI=1S/C16H18N6O2/c1-11-6-8-22-15(19-11)12(9-18-22)16(23)21-7-4-2-3-5-13(21)14-17-10-24-20-14/h6,8-10,13H,2-5,7H2,1H3. The van der Waals surface area contributed by atoms with Crippen LogP contribution >= 0.6 is 0 Å². The number of hydrogen-bond acceptors (Lipinski definition) is 6. The second-order valence-corrected chi connectivity index (χ2v) is 6.05. The monoisotopic (exact) mass is 326 g/mol. The number of likely N-dealkylation sites (tertiary alicyclic amines) is 1. The molecule has 0 radical (unpaired) electrons. The molecule has 3 aromatic rings. The fraction of sp³-hybridized carbons (Fsp3) is 0.438. The minimum absolute atomic E-state index is 0.0835. The van der Waals surface area contributed by atoms with E-state index in [2.05, 4.69) is 20.2 Å². The number of carbonyl (C=O) groups is 1. The van der Waals surface area contributed by atoms with Gasteiger partial charge in [0.05, 0.1) is 12.2 Å². The summed E-state index contributed by atoms with van der Waals surface area (Å²) in [4.78, 5) is 23.7. The third-order valence-electron chi connectivity index (χ3n) is 4.43. The smallest absolute Gasteiger partial charge is 0.259 e. The van der Waals surface area contributed by atoms with Crippen LogP contribution in [0.15, 0.2) is 29.4 Å². The first-order valence-corrected chi connectivity index (χ1v) is 8.12. The van der Waals surface area contributed by atoms with Crippen molar-refractivity contribution in [2.45, 2.75) is 38.6 Å². The molecule has 4 heterocycles. The summed E-state index contributed by atoms with van der Waals surface area (Å²) >= 11 is 0. The van der Waals surface area contributed by atoms with E-state index in [0.717, 1.165) is 31.4 Å². The van der Waals surface area contributed by atoms with Crippen molar-refractivity contribution in [3.05, 3.63) is 41.9 Å². The second-order valence-electron chi connectivity index (χ2n) is 6.05. The molecule has 1 fully saturated rings. The van der Waals surface area contributed by atoms with E-state index in [4.69, 9.17) is 4.52 Å². The Morgan fingerprint density at radius 2 is 2.25 bits per heavy atom. The van der Waals surface area contributed by atoms with Gasteiger partial charge in [-0.1, -0.05) is 18.0 Å². The average molecular weight is 326 g/mol. The van der Waals surface area contributed by atoms with Gasteiger partial charge in [0.25, 0.3) is 5.91 Å². The molecular formula is C16H18N6O2. The normalized spacial score (nSPS) is 18.7. The first kappa shape index (κ1) is 14.8. The molecule has 4 rings (SSSR count). The molecule has 0 N–H and O–H groups in total. The predicted octanol–water partition coefficient (Wildman–Crippen LogP) is 2.18. The molecule has 1 amide bonds. The summed E-state index contributed by atoms with van der Waals surface area (Å²) in [6, 6.07) is 1.70. The summed E-state index contributed by atoms with van der Waals surface area (Å²) < 4.78 is 6.51. The molecule has 1 aliphatic rings. The average Bonchev–Trinajstić information content (AvgIpc) is 3.19. The van der Waals surface area contributed by atoms with Crippen molar-refractivity contribution in [1.29, 1.82) is 0 Å². The summed E-state index contributed by atoms with van der Waals surface area (Å²) in [7, 11) is 0. The first-order valence-electron chi connectivity index (χ1n) is 8.12. The van der Waals surface area contributed by atoms with Crippen LogP contribution in [-0.4, -0.2) is 42.1 Å². The van der Waals surface area contributed by atoms with Crippen molar-refractivity contribution in [1.82, 2.24) is 29.6 Å². The zero-order valence-electron chi connectivity index (χ0n) is 13.4. The molecule has 0 aromatic carbocycles. The van der Waals surface area contributed by atoms with Crippen LogP contribution in [0.4, 0.5) is 0 Å². The van der Waals surface area contributed by atoms with Gasteiger partial charge in [-0.05, 0) is 25.8 Å². The highest BCUT2D eigenvalue weighted by Gasteiger charge is 2.31. The van der Waals surface area contributed by atoms with Crippen LogP contribution in [0.2, 0.25) is 0 Å². The van der Waals surface area contributed by atoms with Crippen molar-refractivity contribution in [2.75, 3.05) is 6.54 Å². The van der Waals surface area contributed by atoms with Gasteiger partial charge in [-0.3, -0.25) is 4.79 Å². The summed E-state index contributed by atoms with van der Waals surface area (Å²) in [5, 5.41) is 8.20. The molecular weight excluding hydrogens is 308 g/mol. The number of aryl methyl sites for hydroxylation is 1. The van der Waals surface area contributed by atoms with Crippen molar-refractivity contribution in [3.63, 3.8) is 0 Å². The minimum atomic E-state index is -0.168. The lowest BCUT2D eigenvalue weighted by Crippen LogP contribution is -2.35. The van der Waals surface area contributed by atoms with Crippen LogP contribution < -0.4 is 0 Å². The molecule has 8 nitrogen and oxygen atoms in total. The van der Waals surface area contributed by atoms with Gasteiger partial charge < -0.3 is 9.42 Å². The van der Waals surface area contributed by atoms with E-state index in [1.807, 2.05) is 24.1 Å². The number of nitrogens with zero attached hydrogens (tertiary/aromatic N) is 6. The van der Waals surface area contributed by atoms with Crippen LogP contribution in [0.3, 0.4) is 0 Å².